The van der Waals surface area contributed by atoms with E-state index in [0.29, 0.717) is 11.8 Å². The Bertz CT molecular complexity index is 610. The number of hydrogen-bond acceptors (Lipinski definition) is 2. The second kappa shape index (κ2) is 5.24. The standard InChI is InChI=1S/C21H30O2/c1-4-21(22)12-10-19-18-7-5-14-13-15(23-3)6-8-16(14)17(18)9-11-20(19,21)2/h6,8,13,17-19,22H,4-5,7,9-12H2,1-3H3/t17-,18+,19+,20-,21-/m0/s1. The number of aliphatic hydroxyl groups is 1. The monoisotopic (exact) mass is 314 g/mol. The van der Waals surface area contributed by atoms with E-state index in [9.17, 15) is 5.11 Å². The zero-order chi connectivity index (χ0) is 16.2. The molecule has 5 atom stereocenters. The number of aryl methyl sites for hydroxylation is 1. The molecule has 1 aromatic rings. The summed E-state index contributed by atoms with van der Waals surface area (Å²) in [4.78, 5) is 0. The van der Waals surface area contributed by atoms with Gasteiger partial charge in [-0.3, -0.25) is 0 Å². The van der Waals surface area contributed by atoms with Crippen molar-refractivity contribution < 1.29 is 9.84 Å². The van der Waals surface area contributed by atoms with Crippen molar-refractivity contribution in [1.82, 2.24) is 0 Å². The van der Waals surface area contributed by atoms with E-state index in [1.165, 1.54) is 37.7 Å². The maximum Gasteiger partial charge on any atom is 0.119 e. The third kappa shape index (κ3) is 2.03. The van der Waals surface area contributed by atoms with Crippen molar-refractivity contribution in [2.45, 2.75) is 70.3 Å². The van der Waals surface area contributed by atoms with Gasteiger partial charge in [-0.15, -0.1) is 0 Å². The van der Waals surface area contributed by atoms with Crippen molar-refractivity contribution in [3.63, 3.8) is 0 Å². The van der Waals surface area contributed by atoms with Gasteiger partial charge in [-0.05, 0) is 91.4 Å². The molecule has 0 amide bonds. The second-order valence-corrected chi connectivity index (χ2v) is 8.36. The molecule has 2 fully saturated rings. The van der Waals surface area contributed by atoms with Crippen LogP contribution < -0.4 is 4.74 Å². The van der Waals surface area contributed by atoms with Gasteiger partial charge in [0.25, 0.3) is 0 Å². The molecule has 2 nitrogen and oxygen atoms in total. The fraction of sp³-hybridized carbons (Fsp3) is 0.714. The molecule has 0 saturated heterocycles. The summed E-state index contributed by atoms with van der Waals surface area (Å²) in [5.41, 5.74) is 2.77. The highest BCUT2D eigenvalue weighted by molar-refractivity contribution is 5.40. The summed E-state index contributed by atoms with van der Waals surface area (Å²) in [6.45, 7) is 4.55. The van der Waals surface area contributed by atoms with E-state index >= 15 is 0 Å². The Morgan fingerprint density at radius 2 is 2.04 bits per heavy atom. The maximum absolute atomic E-state index is 11.2. The van der Waals surface area contributed by atoms with Gasteiger partial charge in [0.1, 0.15) is 5.75 Å². The molecule has 3 aliphatic rings. The van der Waals surface area contributed by atoms with Crippen LogP contribution in [0.25, 0.3) is 0 Å². The molecule has 3 aliphatic carbocycles. The van der Waals surface area contributed by atoms with Crippen molar-refractivity contribution >= 4 is 0 Å². The van der Waals surface area contributed by atoms with Crippen molar-refractivity contribution in [3.05, 3.63) is 29.3 Å². The number of hydrogen-bond donors (Lipinski definition) is 1. The first kappa shape index (κ1) is 15.5. The Hall–Kier alpha value is -1.02. The summed E-state index contributed by atoms with van der Waals surface area (Å²) < 4.78 is 5.41. The second-order valence-electron chi connectivity index (χ2n) is 8.36. The predicted molar refractivity (Wildman–Crippen MR) is 92.9 cm³/mol. The molecule has 0 bridgehead atoms. The minimum absolute atomic E-state index is 0.132. The smallest absolute Gasteiger partial charge is 0.119 e. The van der Waals surface area contributed by atoms with Gasteiger partial charge in [0.05, 0.1) is 12.7 Å². The largest absolute Gasteiger partial charge is 0.497 e. The van der Waals surface area contributed by atoms with Gasteiger partial charge in [0.15, 0.2) is 0 Å². The number of methoxy groups -OCH3 is 1. The lowest BCUT2D eigenvalue weighted by Crippen LogP contribution is -2.50. The van der Waals surface area contributed by atoms with Crippen LogP contribution in [0.5, 0.6) is 5.75 Å². The highest BCUT2D eigenvalue weighted by atomic mass is 16.5. The molecule has 2 heteroatoms. The number of rotatable bonds is 2. The summed E-state index contributed by atoms with van der Waals surface area (Å²) >= 11 is 0. The molecule has 0 unspecified atom stereocenters. The fourth-order valence-corrected chi connectivity index (χ4v) is 6.38. The number of benzene rings is 1. The van der Waals surface area contributed by atoms with E-state index in [2.05, 4.69) is 32.0 Å². The highest BCUT2D eigenvalue weighted by Gasteiger charge is 2.60. The minimum atomic E-state index is -0.428. The summed E-state index contributed by atoms with van der Waals surface area (Å²) in [6, 6.07) is 6.69. The van der Waals surface area contributed by atoms with E-state index in [1.807, 2.05) is 0 Å². The van der Waals surface area contributed by atoms with Crippen molar-refractivity contribution in [3.8, 4) is 5.75 Å². The molecule has 1 aromatic carbocycles. The molecule has 0 radical (unpaired) electrons. The first-order valence-corrected chi connectivity index (χ1v) is 9.41. The van der Waals surface area contributed by atoms with Crippen LogP contribution in [0, 0.1) is 17.3 Å². The Balaban J connectivity index is 1.68. The van der Waals surface area contributed by atoms with Crippen LogP contribution in [0.4, 0.5) is 0 Å². The average molecular weight is 314 g/mol. The van der Waals surface area contributed by atoms with Crippen LogP contribution in [0.15, 0.2) is 18.2 Å². The molecule has 23 heavy (non-hydrogen) atoms. The predicted octanol–water partition coefficient (Wildman–Crippen LogP) is 4.69. The Kier molecular flexibility index (Phi) is 3.53. The van der Waals surface area contributed by atoms with E-state index in [0.717, 1.165) is 24.5 Å². The van der Waals surface area contributed by atoms with Crippen LogP contribution in [0.3, 0.4) is 0 Å². The molecule has 0 aromatic heterocycles. The van der Waals surface area contributed by atoms with Crippen LogP contribution in [-0.2, 0) is 6.42 Å². The SMILES string of the molecule is CC[C@]1(O)CC[C@@H]2[C@@H]3CCc4cc(OC)ccc4[C@@H]3CC[C@@]21C. The lowest BCUT2D eigenvalue weighted by atomic mass is 9.53. The molecule has 4 rings (SSSR count). The van der Waals surface area contributed by atoms with Gasteiger partial charge in [0.2, 0.25) is 0 Å². The molecular formula is C21H30O2. The van der Waals surface area contributed by atoms with E-state index < -0.39 is 5.60 Å². The topological polar surface area (TPSA) is 29.5 Å². The fourth-order valence-electron chi connectivity index (χ4n) is 6.38. The first-order valence-electron chi connectivity index (χ1n) is 9.41. The lowest BCUT2D eigenvalue weighted by Gasteiger charge is -2.53. The van der Waals surface area contributed by atoms with Gasteiger partial charge in [-0.1, -0.05) is 19.9 Å². The third-order valence-corrected chi connectivity index (χ3v) is 7.84. The zero-order valence-corrected chi connectivity index (χ0v) is 14.8. The first-order chi connectivity index (χ1) is 11.0. The van der Waals surface area contributed by atoms with Gasteiger partial charge >= 0.3 is 0 Å². The Morgan fingerprint density at radius 1 is 1.22 bits per heavy atom. The molecular weight excluding hydrogens is 284 g/mol. The average Bonchev–Trinajstić information content (AvgIpc) is 2.86. The normalized spacial score (nSPS) is 41.8. The highest BCUT2D eigenvalue weighted by Crippen LogP contribution is 2.64. The van der Waals surface area contributed by atoms with E-state index in [1.54, 1.807) is 12.7 Å². The van der Waals surface area contributed by atoms with Crippen LogP contribution in [0.2, 0.25) is 0 Å². The van der Waals surface area contributed by atoms with Crippen molar-refractivity contribution in [1.29, 1.82) is 0 Å². The third-order valence-electron chi connectivity index (χ3n) is 7.84. The molecule has 1 N–H and O–H groups in total. The minimum Gasteiger partial charge on any atom is -0.497 e. The van der Waals surface area contributed by atoms with Crippen molar-refractivity contribution in [2.75, 3.05) is 7.11 Å². The molecule has 0 spiro atoms. The zero-order valence-electron chi connectivity index (χ0n) is 14.8. The summed E-state index contributed by atoms with van der Waals surface area (Å²) in [5, 5.41) is 11.2. The van der Waals surface area contributed by atoms with Crippen LogP contribution >= 0.6 is 0 Å². The van der Waals surface area contributed by atoms with E-state index in [-0.39, 0.29) is 5.41 Å². The quantitative estimate of drug-likeness (QED) is 0.858. The number of fused-ring (bicyclic) bond motifs is 5. The molecule has 126 valence electrons. The molecule has 2 saturated carbocycles. The summed E-state index contributed by atoms with van der Waals surface area (Å²) in [7, 11) is 1.75. The van der Waals surface area contributed by atoms with E-state index in [4.69, 9.17) is 4.74 Å². The van der Waals surface area contributed by atoms with Crippen LogP contribution in [0.1, 0.15) is 69.4 Å². The van der Waals surface area contributed by atoms with Gasteiger partial charge in [0, 0.05) is 0 Å². The van der Waals surface area contributed by atoms with Crippen LogP contribution in [-0.4, -0.2) is 17.8 Å². The van der Waals surface area contributed by atoms with Gasteiger partial charge < -0.3 is 9.84 Å². The molecule has 0 aliphatic heterocycles. The van der Waals surface area contributed by atoms with Gasteiger partial charge in [-0.25, -0.2) is 0 Å². The van der Waals surface area contributed by atoms with Gasteiger partial charge in [-0.2, -0.15) is 0 Å². The van der Waals surface area contributed by atoms with Crippen molar-refractivity contribution in [2.24, 2.45) is 17.3 Å². The lowest BCUT2D eigenvalue weighted by molar-refractivity contribution is -0.104. The summed E-state index contributed by atoms with van der Waals surface area (Å²) in [6.07, 6.45) is 7.99. The Labute approximate surface area is 140 Å². The Morgan fingerprint density at radius 3 is 2.78 bits per heavy atom. The number of ether oxygens (including phenoxy) is 1. The maximum atomic E-state index is 11.2. The molecule has 0 heterocycles. The summed E-state index contributed by atoms with van der Waals surface area (Å²) in [5.74, 6) is 3.14.